The smallest absolute Gasteiger partial charge is 0.0215 e. The first-order valence-corrected chi connectivity index (χ1v) is 8.30. The van der Waals surface area contributed by atoms with Crippen LogP contribution in [-0.2, 0) is 0 Å². The van der Waals surface area contributed by atoms with E-state index in [0.29, 0.717) is 11.5 Å². The topological polar surface area (TPSA) is 38.0 Å². The van der Waals surface area contributed by atoms with E-state index in [1.165, 1.54) is 57.8 Å². The number of hydrogen-bond acceptors (Lipinski definition) is 2. The second kappa shape index (κ2) is 5.57. The minimum Gasteiger partial charge on any atom is -0.271 e. The molecule has 0 aromatic carbocycles. The van der Waals surface area contributed by atoms with Crippen LogP contribution in [0.2, 0.25) is 0 Å². The van der Waals surface area contributed by atoms with Crippen LogP contribution in [0.4, 0.5) is 0 Å². The minimum absolute atomic E-state index is 0.524. The van der Waals surface area contributed by atoms with Crippen LogP contribution >= 0.6 is 0 Å². The Balaban J connectivity index is 1.59. The number of unbranched alkanes of at least 4 members (excludes halogenated alkanes) is 1. The predicted octanol–water partition coefficient (Wildman–Crippen LogP) is 3.78. The predicted molar refractivity (Wildman–Crippen MR) is 80.4 cm³/mol. The van der Waals surface area contributed by atoms with Gasteiger partial charge in [-0.15, -0.1) is 6.58 Å². The minimum atomic E-state index is 0.524. The van der Waals surface area contributed by atoms with Crippen LogP contribution in [0, 0.1) is 23.2 Å². The van der Waals surface area contributed by atoms with Gasteiger partial charge in [0.05, 0.1) is 0 Å². The second-order valence-corrected chi connectivity index (χ2v) is 7.70. The summed E-state index contributed by atoms with van der Waals surface area (Å²) in [7, 11) is 0. The lowest BCUT2D eigenvalue weighted by Gasteiger charge is -2.57. The van der Waals surface area contributed by atoms with E-state index >= 15 is 0 Å². The first kappa shape index (κ1) is 13.6. The SMILES string of the molecule is C=CCCCC(CC12CC3CC(CC(C3)C1)C2)NN. The number of rotatable bonds is 7. The quantitative estimate of drug-likeness (QED) is 0.317. The molecule has 3 N–H and O–H groups in total. The standard InChI is InChI=1S/C17H30N2/c1-2-3-4-5-16(19-18)12-17-9-13-6-14(10-17)8-15(7-13)11-17/h2,13-16,19H,1,3-12,18H2. The zero-order valence-corrected chi connectivity index (χ0v) is 12.2. The first-order valence-electron chi connectivity index (χ1n) is 8.30. The molecule has 0 aromatic heterocycles. The molecule has 19 heavy (non-hydrogen) atoms. The second-order valence-electron chi connectivity index (χ2n) is 7.70. The molecule has 4 fully saturated rings. The molecule has 108 valence electrons. The molecule has 4 saturated carbocycles. The van der Waals surface area contributed by atoms with Gasteiger partial charge in [-0.25, -0.2) is 0 Å². The molecule has 4 bridgehead atoms. The van der Waals surface area contributed by atoms with E-state index in [1.54, 1.807) is 0 Å². The summed E-state index contributed by atoms with van der Waals surface area (Å²) in [5, 5.41) is 0. The van der Waals surface area contributed by atoms with Crippen molar-refractivity contribution in [2.45, 2.75) is 70.3 Å². The average Bonchev–Trinajstić information content (AvgIpc) is 2.36. The monoisotopic (exact) mass is 262 g/mol. The van der Waals surface area contributed by atoms with Crippen molar-refractivity contribution in [2.75, 3.05) is 0 Å². The Morgan fingerprint density at radius 2 is 1.74 bits per heavy atom. The molecule has 0 aromatic rings. The summed E-state index contributed by atoms with van der Waals surface area (Å²) in [6, 6.07) is 0.524. The van der Waals surface area contributed by atoms with Gasteiger partial charge >= 0.3 is 0 Å². The number of allylic oxidation sites excluding steroid dienone is 1. The maximum absolute atomic E-state index is 5.81. The van der Waals surface area contributed by atoms with Crippen LogP contribution in [0.3, 0.4) is 0 Å². The highest BCUT2D eigenvalue weighted by Gasteiger charge is 2.51. The summed E-state index contributed by atoms with van der Waals surface area (Å²) in [6.07, 6.45) is 16.0. The Bertz CT molecular complexity index is 288. The highest BCUT2D eigenvalue weighted by molar-refractivity contribution is 5.02. The molecular weight excluding hydrogens is 232 g/mol. The van der Waals surface area contributed by atoms with Crippen molar-refractivity contribution in [2.24, 2.45) is 29.0 Å². The molecule has 4 rings (SSSR count). The molecule has 0 heterocycles. The normalized spacial score (nSPS) is 41.4. The van der Waals surface area contributed by atoms with Crippen molar-refractivity contribution >= 4 is 0 Å². The van der Waals surface area contributed by atoms with Crippen molar-refractivity contribution in [3.8, 4) is 0 Å². The molecular formula is C17H30N2. The highest BCUT2D eigenvalue weighted by atomic mass is 15.2. The molecule has 0 amide bonds. The van der Waals surface area contributed by atoms with Gasteiger partial charge in [-0.1, -0.05) is 6.08 Å². The molecule has 2 heteroatoms. The van der Waals surface area contributed by atoms with Crippen LogP contribution in [0.25, 0.3) is 0 Å². The van der Waals surface area contributed by atoms with E-state index in [0.717, 1.165) is 24.2 Å². The molecule has 0 radical (unpaired) electrons. The largest absolute Gasteiger partial charge is 0.271 e. The van der Waals surface area contributed by atoms with Crippen molar-refractivity contribution in [3.05, 3.63) is 12.7 Å². The maximum atomic E-state index is 5.81. The van der Waals surface area contributed by atoms with Crippen molar-refractivity contribution in [1.29, 1.82) is 0 Å². The van der Waals surface area contributed by atoms with Crippen molar-refractivity contribution in [3.63, 3.8) is 0 Å². The third kappa shape index (κ3) is 2.90. The molecule has 4 aliphatic carbocycles. The fourth-order valence-electron chi connectivity index (χ4n) is 5.82. The lowest BCUT2D eigenvalue weighted by Crippen LogP contribution is -2.49. The zero-order chi connectivity index (χ0) is 13.3. The summed E-state index contributed by atoms with van der Waals surface area (Å²) in [5.74, 6) is 8.97. The Morgan fingerprint density at radius 3 is 2.21 bits per heavy atom. The van der Waals surface area contributed by atoms with E-state index in [-0.39, 0.29) is 0 Å². The fraction of sp³-hybridized carbons (Fsp3) is 0.882. The molecule has 0 aliphatic heterocycles. The fourth-order valence-corrected chi connectivity index (χ4v) is 5.82. The summed E-state index contributed by atoms with van der Waals surface area (Å²) in [4.78, 5) is 0. The highest BCUT2D eigenvalue weighted by Crippen LogP contribution is 2.61. The van der Waals surface area contributed by atoms with Gasteiger partial charge in [0, 0.05) is 6.04 Å². The Labute approximate surface area is 118 Å². The van der Waals surface area contributed by atoms with Gasteiger partial charge in [-0.2, -0.15) is 0 Å². The Kier molecular flexibility index (Phi) is 4.00. The van der Waals surface area contributed by atoms with Crippen LogP contribution in [-0.4, -0.2) is 6.04 Å². The van der Waals surface area contributed by atoms with E-state index in [9.17, 15) is 0 Å². The lowest BCUT2D eigenvalue weighted by atomic mass is 9.48. The Hall–Kier alpha value is -0.340. The average molecular weight is 262 g/mol. The molecule has 4 aliphatic rings. The number of nitrogens with one attached hydrogen (secondary N) is 1. The van der Waals surface area contributed by atoms with Crippen LogP contribution < -0.4 is 11.3 Å². The van der Waals surface area contributed by atoms with Crippen LogP contribution in [0.15, 0.2) is 12.7 Å². The zero-order valence-electron chi connectivity index (χ0n) is 12.2. The molecule has 2 nitrogen and oxygen atoms in total. The van der Waals surface area contributed by atoms with Gasteiger partial charge in [0.15, 0.2) is 0 Å². The van der Waals surface area contributed by atoms with Gasteiger partial charge in [-0.3, -0.25) is 11.3 Å². The first-order chi connectivity index (χ1) is 9.23. The number of nitrogens with two attached hydrogens (primary N) is 1. The Morgan fingerprint density at radius 1 is 1.16 bits per heavy atom. The van der Waals surface area contributed by atoms with E-state index in [4.69, 9.17) is 5.84 Å². The lowest BCUT2D eigenvalue weighted by molar-refractivity contribution is -0.0624. The summed E-state index contributed by atoms with van der Waals surface area (Å²) in [6.45, 7) is 3.81. The van der Waals surface area contributed by atoms with Gasteiger partial charge in [-0.05, 0) is 87.4 Å². The van der Waals surface area contributed by atoms with Crippen LogP contribution in [0.1, 0.15) is 64.2 Å². The summed E-state index contributed by atoms with van der Waals surface area (Å²) < 4.78 is 0. The van der Waals surface area contributed by atoms with Gasteiger partial charge in [0.2, 0.25) is 0 Å². The third-order valence-corrected chi connectivity index (χ3v) is 6.04. The van der Waals surface area contributed by atoms with Gasteiger partial charge in [0.1, 0.15) is 0 Å². The van der Waals surface area contributed by atoms with E-state index in [1.807, 2.05) is 6.08 Å². The third-order valence-electron chi connectivity index (χ3n) is 6.04. The molecule has 1 atom stereocenters. The molecule has 0 saturated heterocycles. The van der Waals surface area contributed by atoms with Crippen molar-refractivity contribution < 1.29 is 0 Å². The summed E-state index contributed by atoms with van der Waals surface area (Å²) in [5.41, 5.74) is 3.75. The van der Waals surface area contributed by atoms with Crippen molar-refractivity contribution in [1.82, 2.24) is 5.43 Å². The van der Waals surface area contributed by atoms with Gasteiger partial charge < -0.3 is 0 Å². The summed E-state index contributed by atoms with van der Waals surface area (Å²) >= 11 is 0. The maximum Gasteiger partial charge on any atom is 0.0215 e. The van der Waals surface area contributed by atoms with Crippen LogP contribution in [0.5, 0.6) is 0 Å². The number of hydrogen-bond donors (Lipinski definition) is 2. The van der Waals surface area contributed by atoms with Gasteiger partial charge in [0.25, 0.3) is 0 Å². The molecule has 0 spiro atoms. The number of hydrazine groups is 1. The van der Waals surface area contributed by atoms with E-state index < -0.39 is 0 Å². The van der Waals surface area contributed by atoms with E-state index in [2.05, 4.69) is 12.0 Å². The molecule has 1 unspecified atom stereocenters.